The molecule has 4 heteroatoms. The highest BCUT2D eigenvalue weighted by molar-refractivity contribution is 5.46. The number of anilines is 1. The molecular formula is C14H18F2N2. The number of rotatable bonds is 2. The van der Waals surface area contributed by atoms with E-state index in [4.69, 9.17) is 0 Å². The van der Waals surface area contributed by atoms with Crippen molar-refractivity contribution in [1.82, 2.24) is 4.98 Å². The van der Waals surface area contributed by atoms with Gasteiger partial charge in [-0.2, -0.15) is 4.39 Å². The average molecular weight is 252 g/mol. The van der Waals surface area contributed by atoms with Crippen LogP contribution in [0.25, 0.3) is 0 Å². The Balaban J connectivity index is 1.91. The van der Waals surface area contributed by atoms with Crippen LogP contribution < -0.4 is 4.90 Å². The van der Waals surface area contributed by atoms with Gasteiger partial charge in [0.05, 0.1) is 6.54 Å². The zero-order valence-corrected chi connectivity index (χ0v) is 10.8. The van der Waals surface area contributed by atoms with Crippen molar-refractivity contribution >= 4 is 5.82 Å². The third-order valence-corrected chi connectivity index (χ3v) is 4.46. The van der Waals surface area contributed by atoms with Crippen molar-refractivity contribution in [3.8, 4) is 0 Å². The number of alkyl halides is 1. The van der Waals surface area contributed by atoms with Crippen LogP contribution in [0.2, 0.25) is 0 Å². The summed E-state index contributed by atoms with van der Waals surface area (Å²) in [6.07, 6.45) is 1.91. The molecule has 18 heavy (non-hydrogen) atoms. The first-order valence-corrected chi connectivity index (χ1v) is 6.61. The zero-order valence-electron chi connectivity index (χ0n) is 10.8. The highest BCUT2D eigenvalue weighted by atomic mass is 19.1. The fourth-order valence-corrected chi connectivity index (χ4v) is 2.88. The molecule has 0 N–H and O–H groups in total. The summed E-state index contributed by atoms with van der Waals surface area (Å²) in [7, 11) is 0. The van der Waals surface area contributed by atoms with Crippen molar-refractivity contribution in [2.75, 3.05) is 18.0 Å². The Bertz CT molecular complexity index is 483. The lowest BCUT2D eigenvalue weighted by Gasteiger charge is -2.18. The summed E-state index contributed by atoms with van der Waals surface area (Å²) in [5.41, 5.74) is 1.43. The van der Waals surface area contributed by atoms with E-state index in [1.165, 1.54) is 0 Å². The minimum absolute atomic E-state index is 0.143. The maximum Gasteiger partial charge on any atom is 0.217 e. The van der Waals surface area contributed by atoms with E-state index in [-0.39, 0.29) is 5.41 Å². The SMILES string of the molecule is CCc1cc(N2C[C@@H](F)C3(CC3)C2)nc(F)c1C. The molecule has 1 saturated heterocycles. The predicted octanol–water partition coefficient (Wildman–Crippen LogP) is 3.03. The number of halogens is 2. The van der Waals surface area contributed by atoms with Gasteiger partial charge in [0.1, 0.15) is 12.0 Å². The van der Waals surface area contributed by atoms with Crippen molar-refractivity contribution < 1.29 is 8.78 Å². The second-order valence-corrected chi connectivity index (χ2v) is 5.62. The first kappa shape index (κ1) is 11.9. The molecule has 2 nitrogen and oxygen atoms in total. The molecule has 1 aliphatic heterocycles. The minimum Gasteiger partial charge on any atom is -0.353 e. The molecule has 3 rings (SSSR count). The van der Waals surface area contributed by atoms with Crippen LogP contribution in [0.4, 0.5) is 14.6 Å². The Labute approximate surface area is 106 Å². The molecule has 1 aliphatic carbocycles. The van der Waals surface area contributed by atoms with Crippen LogP contribution in [-0.2, 0) is 6.42 Å². The van der Waals surface area contributed by atoms with Crippen molar-refractivity contribution in [2.45, 2.75) is 39.3 Å². The standard InChI is InChI=1S/C14H18F2N2/c1-3-10-6-12(17-13(16)9(10)2)18-7-11(15)14(8-18)4-5-14/h6,11H,3-5,7-8H2,1-2H3/t11-/m1/s1. The molecule has 2 heterocycles. The molecule has 2 aliphatic rings. The fourth-order valence-electron chi connectivity index (χ4n) is 2.88. The third-order valence-electron chi connectivity index (χ3n) is 4.46. The summed E-state index contributed by atoms with van der Waals surface area (Å²) in [6.45, 7) is 4.79. The Kier molecular flexibility index (Phi) is 2.57. The Morgan fingerprint density at radius 3 is 2.78 bits per heavy atom. The van der Waals surface area contributed by atoms with Crippen LogP contribution in [0.5, 0.6) is 0 Å². The molecule has 0 unspecified atom stereocenters. The van der Waals surface area contributed by atoms with Crippen molar-refractivity contribution in [2.24, 2.45) is 5.41 Å². The van der Waals surface area contributed by atoms with Crippen molar-refractivity contribution in [3.05, 3.63) is 23.1 Å². The third kappa shape index (κ3) is 1.70. The van der Waals surface area contributed by atoms with Gasteiger partial charge in [0.25, 0.3) is 0 Å². The molecule has 1 saturated carbocycles. The van der Waals surface area contributed by atoms with E-state index >= 15 is 0 Å². The molecule has 98 valence electrons. The van der Waals surface area contributed by atoms with Gasteiger partial charge in [-0.05, 0) is 37.8 Å². The Hall–Kier alpha value is -1.19. The van der Waals surface area contributed by atoms with Crippen molar-refractivity contribution in [1.29, 1.82) is 0 Å². The Morgan fingerprint density at radius 2 is 2.22 bits per heavy atom. The van der Waals surface area contributed by atoms with E-state index in [9.17, 15) is 8.78 Å². The van der Waals surface area contributed by atoms with Crippen LogP contribution in [0.15, 0.2) is 6.07 Å². The molecule has 0 radical (unpaired) electrons. The first-order valence-electron chi connectivity index (χ1n) is 6.61. The smallest absolute Gasteiger partial charge is 0.217 e. The molecule has 1 aromatic rings. The average Bonchev–Trinajstić information content (AvgIpc) is 3.04. The number of hydrogen-bond donors (Lipinski definition) is 0. The van der Waals surface area contributed by atoms with Gasteiger partial charge >= 0.3 is 0 Å². The van der Waals surface area contributed by atoms with Crippen molar-refractivity contribution in [3.63, 3.8) is 0 Å². The molecule has 1 spiro atoms. The summed E-state index contributed by atoms with van der Waals surface area (Å²) in [6, 6.07) is 1.91. The highest BCUT2D eigenvalue weighted by Crippen LogP contribution is 2.54. The van der Waals surface area contributed by atoms with E-state index in [0.29, 0.717) is 24.5 Å². The number of aryl methyl sites for hydroxylation is 1. The number of hydrogen-bond acceptors (Lipinski definition) is 2. The van der Waals surface area contributed by atoms with Crippen LogP contribution in [0.1, 0.15) is 30.9 Å². The monoisotopic (exact) mass is 252 g/mol. The molecule has 1 atom stereocenters. The topological polar surface area (TPSA) is 16.1 Å². The van der Waals surface area contributed by atoms with Crippen LogP contribution in [0.3, 0.4) is 0 Å². The lowest BCUT2D eigenvalue weighted by molar-refractivity contribution is 0.267. The van der Waals surface area contributed by atoms with Gasteiger partial charge in [-0.1, -0.05) is 6.92 Å². The van der Waals surface area contributed by atoms with Crippen LogP contribution in [-0.4, -0.2) is 24.2 Å². The van der Waals surface area contributed by atoms with E-state index in [0.717, 1.165) is 24.8 Å². The number of aromatic nitrogens is 1. The summed E-state index contributed by atoms with van der Waals surface area (Å²) < 4.78 is 27.7. The van der Waals surface area contributed by atoms with E-state index in [1.807, 2.05) is 17.9 Å². The number of nitrogens with zero attached hydrogens (tertiary/aromatic N) is 2. The summed E-state index contributed by atoms with van der Waals surface area (Å²) >= 11 is 0. The van der Waals surface area contributed by atoms with Gasteiger partial charge < -0.3 is 4.90 Å². The van der Waals surface area contributed by atoms with Gasteiger partial charge in [-0.25, -0.2) is 9.37 Å². The Morgan fingerprint density at radius 1 is 1.50 bits per heavy atom. The normalized spacial score (nSPS) is 24.9. The molecule has 0 aromatic carbocycles. The van der Waals surface area contributed by atoms with E-state index < -0.39 is 12.1 Å². The second-order valence-electron chi connectivity index (χ2n) is 5.62. The molecule has 0 amide bonds. The number of pyridine rings is 1. The zero-order chi connectivity index (χ0) is 12.9. The van der Waals surface area contributed by atoms with Crippen LogP contribution in [0, 0.1) is 18.3 Å². The largest absolute Gasteiger partial charge is 0.353 e. The van der Waals surface area contributed by atoms with Gasteiger partial charge in [0.15, 0.2) is 0 Å². The molecule has 0 bridgehead atoms. The lowest BCUT2D eigenvalue weighted by atomic mass is 10.1. The van der Waals surface area contributed by atoms with Gasteiger partial charge in [-0.15, -0.1) is 0 Å². The minimum atomic E-state index is -0.784. The maximum absolute atomic E-state index is 13.9. The van der Waals surface area contributed by atoms with Gasteiger partial charge in [0, 0.05) is 17.5 Å². The first-order chi connectivity index (χ1) is 8.55. The molecular weight excluding hydrogens is 234 g/mol. The second kappa shape index (κ2) is 3.90. The fraction of sp³-hybridized carbons (Fsp3) is 0.643. The maximum atomic E-state index is 13.9. The lowest BCUT2D eigenvalue weighted by Crippen LogP contribution is -2.22. The van der Waals surface area contributed by atoms with E-state index in [1.54, 1.807) is 6.92 Å². The summed E-state index contributed by atoms with van der Waals surface area (Å²) in [5.74, 6) is 0.179. The highest BCUT2D eigenvalue weighted by Gasteiger charge is 2.56. The van der Waals surface area contributed by atoms with Gasteiger partial charge in [-0.3, -0.25) is 0 Å². The quantitative estimate of drug-likeness (QED) is 0.752. The molecule has 2 fully saturated rings. The summed E-state index contributed by atoms with van der Waals surface area (Å²) in [4.78, 5) is 5.89. The van der Waals surface area contributed by atoms with Crippen LogP contribution >= 0.6 is 0 Å². The predicted molar refractivity (Wildman–Crippen MR) is 67.1 cm³/mol. The molecule has 1 aromatic heterocycles. The van der Waals surface area contributed by atoms with E-state index in [2.05, 4.69) is 4.98 Å². The van der Waals surface area contributed by atoms with Gasteiger partial charge in [0.2, 0.25) is 5.95 Å². The summed E-state index contributed by atoms with van der Waals surface area (Å²) in [5, 5.41) is 0.